The molecular formula is C12H14O3. The molecule has 0 aromatic heterocycles. The third kappa shape index (κ3) is 2.92. The molecule has 0 saturated carbocycles. The van der Waals surface area contributed by atoms with Gasteiger partial charge in [0.1, 0.15) is 0 Å². The molecule has 0 heterocycles. The Bertz CT molecular complexity index is 369. The van der Waals surface area contributed by atoms with Crippen molar-refractivity contribution in [3.63, 3.8) is 0 Å². The zero-order valence-corrected chi connectivity index (χ0v) is 8.69. The Kier molecular flexibility index (Phi) is 4.06. The summed E-state index contributed by atoms with van der Waals surface area (Å²) in [5.74, 6) is -0.927. The molecule has 1 aromatic rings. The summed E-state index contributed by atoms with van der Waals surface area (Å²) in [6, 6.07) is 4.93. The van der Waals surface area contributed by atoms with Crippen LogP contribution in [0.15, 0.2) is 24.8 Å². The van der Waals surface area contributed by atoms with Gasteiger partial charge < -0.3 is 9.84 Å². The van der Waals surface area contributed by atoms with E-state index in [1.807, 2.05) is 6.92 Å². The van der Waals surface area contributed by atoms with Gasteiger partial charge in [-0.1, -0.05) is 18.7 Å². The monoisotopic (exact) mass is 206 g/mol. The molecule has 1 N–H and O–H groups in total. The first-order valence-corrected chi connectivity index (χ1v) is 4.75. The maximum Gasteiger partial charge on any atom is 0.335 e. The molecule has 3 heteroatoms. The smallest absolute Gasteiger partial charge is 0.335 e. The highest BCUT2D eigenvalue weighted by Gasteiger charge is 2.06. The minimum atomic E-state index is -0.927. The van der Waals surface area contributed by atoms with E-state index in [4.69, 9.17) is 9.84 Å². The van der Waals surface area contributed by atoms with Gasteiger partial charge in [-0.3, -0.25) is 0 Å². The van der Waals surface area contributed by atoms with Crippen LogP contribution in [0.3, 0.4) is 0 Å². The van der Waals surface area contributed by atoms with Crippen molar-refractivity contribution in [3.05, 3.63) is 41.5 Å². The van der Waals surface area contributed by atoms with E-state index in [-0.39, 0.29) is 5.56 Å². The lowest BCUT2D eigenvalue weighted by Gasteiger charge is -2.07. The van der Waals surface area contributed by atoms with Crippen molar-refractivity contribution >= 4 is 12.0 Å². The number of benzene rings is 1. The number of hydrogen-bond donors (Lipinski definition) is 1. The number of carboxylic acid groups (broad SMARTS) is 1. The van der Waals surface area contributed by atoms with E-state index < -0.39 is 5.97 Å². The van der Waals surface area contributed by atoms with Gasteiger partial charge in [-0.2, -0.15) is 0 Å². The number of rotatable bonds is 5. The molecule has 3 nitrogen and oxygen atoms in total. The van der Waals surface area contributed by atoms with Gasteiger partial charge in [0.05, 0.1) is 12.2 Å². The minimum absolute atomic E-state index is 0.273. The molecule has 0 atom stereocenters. The predicted molar refractivity (Wildman–Crippen MR) is 58.8 cm³/mol. The largest absolute Gasteiger partial charge is 0.478 e. The lowest BCUT2D eigenvalue weighted by Crippen LogP contribution is -2.01. The fourth-order valence-electron chi connectivity index (χ4n) is 1.27. The van der Waals surface area contributed by atoms with Crippen LogP contribution in [-0.4, -0.2) is 17.7 Å². The van der Waals surface area contributed by atoms with E-state index in [9.17, 15) is 4.79 Å². The van der Waals surface area contributed by atoms with Gasteiger partial charge in [0.15, 0.2) is 0 Å². The van der Waals surface area contributed by atoms with E-state index in [0.29, 0.717) is 13.2 Å². The molecule has 0 radical (unpaired) electrons. The Hall–Kier alpha value is -1.61. The van der Waals surface area contributed by atoms with Gasteiger partial charge in [0.2, 0.25) is 0 Å². The molecule has 80 valence electrons. The fraction of sp³-hybridized carbons (Fsp3) is 0.250. The predicted octanol–water partition coefficient (Wildman–Crippen LogP) is 2.56. The second-order valence-corrected chi connectivity index (χ2v) is 3.06. The molecule has 15 heavy (non-hydrogen) atoms. The van der Waals surface area contributed by atoms with E-state index in [1.54, 1.807) is 24.3 Å². The first-order valence-electron chi connectivity index (χ1n) is 4.75. The van der Waals surface area contributed by atoms with Gasteiger partial charge in [-0.05, 0) is 30.2 Å². The highest BCUT2D eigenvalue weighted by molar-refractivity contribution is 5.88. The molecule has 0 spiro atoms. The average Bonchev–Trinajstić information content (AvgIpc) is 2.25. The molecular weight excluding hydrogens is 192 g/mol. The van der Waals surface area contributed by atoms with Crippen molar-refractivity contribution in [2.75, 3.05) is 6.61 Å². The van der Waals surface area contributed by atoms with Gasteiger partial charge in [0, 0.05) is 6.61 Å². The molecule has 0 fully saturated rings. The SMILES string of the molecule is C=Cc1ccc(C(=O)O)cc1COCC. The third-order valence-electron chi connectivity index (χ3n) is 2.07. The van der Waals surface area contributed by atoms with Crippen molar-refractivity contribution in [2.24, 2.45) is 0 Å². The van der Waals surface area contributed by atoms with Crippen LogP contribution in [0.5, 0.6) is 0 Å². The van der Waals surface area contributed by atoms with E-state index in [1.165, 1.54) is 0 Å². The van der Waals surface area contributed by atoms with Crippen LogP contribution >= 0.6 is 0 Å². The Morgan fingerprint density at radius 2 is 2.33 bits per heavy atom. The molecule has 0 aliphatic carbocycles. The Balaban J connectivity index is 3.01. The van der Waals surface area contributed by atoms with Gasteiger partial charge in [-0.15, -0.1) is 0 Å². The number of ether oxygens (including phenoxy) is 1. The fourth-order valence-corrected chi connectivity index (χ4v) is 1.27. The quantitative estimate of drug-likeness (QED) is 0.805. The molecule has 0 aliphatic rings. The molecule has 0 amide bonds. The summed E-state index contributed by atoms with van der Waals surface area (Å²) in [6.07, 6.45) is 1.69. The second kappa shape index (κ2) is 5.32. The van der Waals surface area contributed by atoms with Crippen LogP contribution < -0.4 is 0 Å². The summed E-state index contributed by atoms with van der Waals surface area (Å²) in [6.45, 7) is 6.59. The summed E-state index contributed by atoms with van der Waals surface area (Å²) in [4.78, 5) is 10.8. The second-order valence-electron chi connectivity index (χ2n) is 3.06. The van der Waals surface area contributed by atoms with Crippen LogP contribution in [0.4, 0.5) is 0 Å². The maximum atomic E-state index is 10.8. The molecule has 0 aliphatic heterocycles. The number of aromatic carboxylic acids is 1. The summed E-state index contributed by atoms with van der Waals surface area (Å²) in [5, 5.41) is 8.83. The summed E-state index contributed by atoms with van der Waals surface area (Å²) < 4.78 is 5.26. The van der Waals surface area contributed by atoms with Crippen molar-refractivity contribution in [1.29, 1.82) is 0 Å². The summed E-state index contributed by atoms with van der Waals surface area (Å²) in [7, 11) is 0. The average molecular weight is 206 g/mol. The van der Waals surface area contributed by atoms with E-state index in [0.717, 1.165) is 11.1 Å². The standard InChI is InChI=1S/C12H14O3/c1-3-9-5-6-10(12(13)14)7-11(9)8-15-4-2/h3,5-7H,1,4,8H2,2H3,(H,13,14). The number of hydrogen-bond acceptors (Lipinski definition) is 2. The minimum Gasteiger partial charge on any atom is -0.478 e. The van der Waals surface area contributed by atoms with Gasteiger partial charge >= 0.3 is 5.97 Å². The number of carbonyl (C=O) groups is 1. The summed E-state index contributed by atoms with van der Waals surface area (Å²) >= 11 is 0. The first-order chi connectivity index (χ1) is 7.19. The highest BCUT2D eigenvalue weighted by atomic mass is 16.5. The first kappa shape index (κ1) is 11.5. The van der Waals surface area contributed by atoms with Crippen molar-refractivity contribution in [2.45, 2.75) is 13.5 Å². The Labute approximate surface area is 89.0 Å². The Morgan fingerprint density at radius 3 is 2.87 bits per heavy atom. The van der Waals surface area contributed by atoms with Crippen LogP contribution in [0, 0.1) is 0 Å². The van der Waals surface area contributed by atoms with Crippen LogP contribution in [0.1, 0.15) is 28.4 Å². The van der Waals surface area contributed by atoms with Crippen molar-refractivity contribution < 1.29 is 14.6 Å². The van der Waals surface area contributed by atoms with Crippen LogP contribution in [0.25, 0.3) is 6.08 Å². The van der Waals surface area contributed by atoms with E-state index in [2.05, 4.69) is 6.58 Å². The van der Waals surface area contributed by atoms with Gasteiger partial charge in [-0.25, -0.2) is 4.79 Å². The number of carboxylic acids is 1. The van der Waals surface area contributed by atoms with E-state index >= 15 is 0 Å². The zero-order chi connectivity index (χ0) is 11.3. The van der Waals surface area contributed by atoms with Crippen LogP contribution in [-0.2, 0) is 11.3 Å². The zero-order valence-electron chi connectivity index (χ0n) is 8.69. The maximum absolute atomic E-state index is 10.8. The lowest BCUT2D eigenvalue weighted by molar-refractivity contribution is 0.0696. The third-order valence-corrected chi connectivity index (χ3v) is 2.07. The highest BCUT2D eigenvalue weighted by Crippen LogP contribution is 2.14. The molecule has 1 aromatic carbocycles. The normalized spacial score (nSPS) is 9.93. The lowest BCUT2D eigenvalue weighted by atomic mass is 10.0. The molecule has 0 saturated heterocycles. The molecule has 0 unspecified atom stereocenters. The summed E-state index contributed by atoms with van der Waals surface area (Å²) in [5.41, 5.74) is 2.04. The van der Waals surface area contributed by atoms with Crippen LogP contribution in [0.2, 0.25) is 0 Å². The van der Waals surface area contributed by atoms with Crippen molar-refractivity contribution in [3.8, 4) is 0 Å². The molecule has 1 rings (SSSR count). The van der Waals surface area contributed by atoms with Crippen molar-refractivity contribution in [1.82, 2.24) is 0 Å². The van der Waals surface area contributed by atoms with Gasteiger partial charge in [0.25, 0.3) is 0 Å². The molecule has 0 bridgehead atoms. The topological polar surface area (TPSA) is 46.5 Å². The Morgan fingerprint density at radius 1 is 1.60 bits per heavy atom.